The molecule has 1 fully saturated rings. The third-order valence-corrected chi connectivity index (χ3v) is 4.42. The molecule has 1 unspecified atom stereocenters. The molecule has 1 atom stereocenters. The molecule has 1 aromatic carbocycles. The van der Waals surface area contributed by atoms with Gasteiger partial charge in [-0.25, -0.2) is 4.99 Å². The molecule has 2 N–H and O–H groups in total. The van der Waals surface area contributed by atoms with Crippen LogP contribution >= 0.6 is 0 Å². The average molecular weight is 313 g/mol. The molecule has 2 heterocycles. The van der Waals surface area contributed by atoms with E-state index in [1.165, 1.54) is 5.69 Å². The van der Waals surface area contributed by atoms with E-state index in [1.54, 1.807) is 0 Å². The van der Waals surface area contributed by atoms with Crippen LogP contribution in [0.5, 0.6) is 0 Å². The summed E-state index contributed by atoms with van der Waals surface area (Å²) in [5.74, 6) is 0.832. The first-order chi connectivity index (χ1) is 11.2. The van der Waals surface area contributed by atoms with E-state index >= 15 is 0 Å². The van der Waals surface area contributed by atoms with Crippen LogP contribution in [0.1, 0.15) is 19.8 Å². The quantitative estimate of drug-likeness (QED) is 0.896. The van der Waals surface area contributed by atoms with Crippen molar-refractivity contribution in [3.63, 3.8) is 0 Å². The first-order valence-electron chi connectivity index (χ1n) is 8.56. The van der Waals surface area contributed by atoms with Crippen LogP contribution in [0.15, 0.2) is 41.5 Å². The van der Waals surface area contributed by atoms with Gasteiger partial charge in [-0.3, -0.25) is 0 Å². The standard InChI is InChI=1S/C18H27N5/c1-3-4-15-9-10-19-18(20-15)21-16-5-7-17(8-6-16)23-13-11-22(2)12-14-23/h5-10,15H,3-4,11-14H2,1-2H3,(H2,19,20,21). The second kappa shape index (κ2) is 7.51. The highest BCUT2D eigenvalue weighted by Gasteiger charge is 2.14. The Morgan fingerprint density at radius 1 is 1.17 bits per heavy atom. The van der Waals surface area contributed by atoms with Crippen molar-refractivity contribution >= 4 is 17.3 Å². The van der Waals surface area contributed by atoms with Gasteiger partial charge in [-0.05, 0) is 43.8 Å². The molecular formula is C18H27N5. The zero-order valence-electron chi connectivity index (χ0n) is 14.1. The van der Waals surface area contributed by atoms with Crippen molar-refractivity contribution in [2.24, 2.45) is 4.99 Å². The molecule has 0 amide bonds. The van der Waals surface area contributed by atoms with Gasteiger partial charge in [-0.15, -0.1) is 0 Å². The van der Waals surface area contributed by atoms with Crippen molar-refractivity contribution in [1.29, 1.82) is 0 Å². The van der Waals surface area contributed by atoms with Crippen LogP contribution in [0, 0.1) is 0 Å². The third-order valence-electron chi connectivity index (χ3n) is 4.42. The van der Waals surface area contributed by atoms with Crippen molar-refractivity contribution in [3.8, 4) is 0 Å². The normalized spacial score (nSPS) is 21.7. The minimum absolute atomic E-state index is 0.286. The lowest BCUT2D eigenvalue weighted by Gasteiger charge is -2.34. The molecule has 5 heteroatoms. The summed E-state index contributed by atoms with van der Waals surface area (Å²) in [6.45, 7) is 6.65. The maximum Gasteiger partial charge on any atom is 0.200 e. The number of anilines is 2. The highest BCUT2D eigenvalue weighted by molar-refractivity contribution is 5.95. The Morgan fingerprint density at radius 2 is 1.91 bits per heavy atom. The number of hydrogen-bond donors (Lipinski definition) is 2. The molecule has 0 aromatic heterocycles. The van der Waals surface area contributed by atoms with Gasteiger partial charge in [-0.1, -0.05) is 13.3 Å². The highest BCUT2D eigenvalue weighted by Crippen LogP contribution is 2.19. The number of hydrogen-bond acceptors (Lipinski definition) is 5. The zero-order chi connectivity index (χ0) is 16.1. The number of piperazine rings is 1. The van der Waals surface area contributed by atoms with Crippen molar-refractivity contribution < 1.29 is 0 Å². The van der Waals surface area contributed by atoms with Crippen LogP contribution in [0.2, 0.25) is 0 Å². The van der Waals surface area contributed by atoms with Gasteiger partial charge < -0.3 is 20.4 Å². The summed E-state index contributed by atoms with van der Waals surface area (Å²) in [7, 11) is 2.18. The van der Waals surface area contributed by atoms with E-state index in [-0.39, 0.29) is 6.04 Å². The van der Waals surface area contributed by atoms with Gasteiger partial charge >= 0.3 is 0 Å². The largest absolute Gasteiger partial charge is 0.369 e. The van der Waals surface area contributed by atoms with E-state index < -0.39 is 0 Å². The van der Waals surface area contributed by atoms with E-state index in [2.05, 4.69) is 69.7 Å². The summed E-state index contributed by atoms with van der Waals surface area (Å²) in [6, 6.07) is 8.93. The molecule has 0 saturated carbocycles. The van der Waals surface area contributed by atoms with Gasteiger partial charge in [-0.2, -0.15) is 0 Å². The second-order valence-electron chi connectivity index (χ2n) is 6.30. The molecule has 3 rings (SSSR count). The summed E-state index contributed by atoms with van der Waals surface area (Å²) < 4.78 is 0. The Bertz CT molecular complexity index is 555. The van der Waals surface area contributed by atoms with Gasteiger partial charge in [0.1, 0.15) is 0 Å². The van der Waals surface area contributed by atoms with Crippen LogP contribution in [-0.4, -0.2) is 50.1 Å². The van der Waals surface area contributed by atoms with E-state index in [4.69, 9.17) is 0 Å². The van der Waals surface area contributed by atoms with Gasteiger partial charge in [0, 0.05) is 43.8 Å². The lowest BCUT2D eigenvalue weighted by atomic mass is 10.1. The predicted octanol–water partition coefficient (Wildman–Crippen LogP) is 2.49. The number of likely N-dealkylation sites (N-methyl/N-ethyl adjacent to an activating group) is 1. The van der Waals surface area contributed by atoms with Crippen LogP contribution in [0.4, 0.5) is 11.4 Å². The zero-order valence-corrected chi connectivity index (χ0v) is 14.1. The smallest absolute Gasteiger partial charge is 0.200 e. The molecule has 124 valence electrons. The molecular weight excluding hydrogens is 286 g/mol. The molecule has 0 radical (unpaired) electrons. The molecule has 1 aromatic rings. The number of rotatable bonds is 4. The number of nitrogens with one attached hydrogen (secondary N) is 2. The van der Waals surface area contributed by atoms with Crippen molar-refractivity contribution in [1.82, 2.24) is 10.2 Å². The van der Waals surface area contributed by atoms with E-state index in [0.717, 1.165) is 50.7 Å². The van der Waals surface area contributed by atoms with Gasteiger partial charge in [0.2, 0.25) is 0 Å². The Labute approximate surface area is 139 Å². The number of nitrogens with zero attached hydrogens (tertiary/aromatic N) is 3. The minimum Gasteiger partial charge on any atom is -0.369 e. The van der Waals surface area contributed by atoms with Crippen molar-refractivity contribution in [2.75, 3.05) is 43.4 Å². The Hall–Kier alpha value is -2.01. The molecule has 0 aliphatic carbocycles. The monoisotopic (exact) mass is 313 g/mol. The van der Waals surface area contributed by atoms with Crippen molar-refractivity contribution in [3.05, 3.63) is 36.5 Å². The molecule has 23 heavy (non-hydrogen) atoms. The average Bonchev–Trinajstić information content (AvgIpc) is 2.57. The molecule has 1 saturated heterocycles. The molecule has 2 aliphatic heterocycles. The summed E-state index contributed by atoms with van der Waals surface area (Å²) >= 11 is 0. The maximum absolute atomic E-state index is 4.68. The fraction of sp³-hybridized carbons (Fsp3) is 0.500. The second-order valence-corrected chi connectivity index (χ2v) is 6.30. The summed E-state index contributed by atoms with van der Waals surface area (Å²) in [6.07, 6.45) is 6.33. The molecule has 2 aliphatic rings. The van der Waals surface area contributed by atoms with Crippen LogP contribution in [0.3, 0.4) is 0 Å². The number of aliphatic imine (C=N–C) groups is 1. The summed E-state index contributed by atoms with van der Waals surface area (Å²) in [4.78, 5) is 9.50. The Kier molecular flexibility index (Phi) is 5.18. The molecule has 0 bridgehead atoms. The molecule has 0 spiro atoms. The lowest BCUT2D eigenvalue weighted by molar-refractivity contribution is 0.313. The topological polar surface area (TPSA) is 42.9 Å². The predicted molar refractivity (Wildman–Crippen MR) is 98.2 cm³/mol. The van der Waals surface area contributed by atoms with Gasteiger partial charge in [0.05, 0.1) is 6.04 Å². The highest BCUT2D eigenvalue weighted by atomic mass is 15.2. The van der Waals surface area contributed by atoms with Crippen LogP contribution < -0.4 is 15.5 Å². The number of benzene rings is 1. The molecule has 5 nitrogen and oxygen atoms in total. The summed E-state index contributed by atoms with van der Waals surface area (Å²) in [5, 5.41) is 6.55. The van der Waals surface area contributed by atoms with Crippen LogP contribution in [-0.2, 0) is 0 Å². The van der Waals surface area contributed by atoms with E-state index in [1.807, 2.05) is 6.20 Å². The minimum atomic E-state index is 0.286. The third kappa shape index (κ3) is 4.26. The lowest BCUT2D eigenvalue weighted by Crippen LogP contribution is -2.44. The fourth-order valence-corrected chi connectivity index (χ4v) is 2.97. The Morgan fingerprint density at radius 3 is 2.61 bits per heavy atom. The first kappa shape index (κ1) is 15.9. The van der Waals surface area contributed by atoms with Gasteiger partial charge in [0.15, 0.2) is 5.96 Å². The summed E-state index contributed by atoms with van der Waals surface area (Å²) in [5.41, 5.74) is 2.37. The Balaban J connectivity index is 1.59. The van der Waals surface area contributed by atoms with E-state index in [9.17, 15) is 0 Å². The van der Waals surface area contributed by atoms with Gasteiger partial charge in [0.25, 0.3) is 0 Å². The van der Waals surface area contributed by atoms with E-state index in [0.29, 0.717) is 0 Å². The fourth-order valence-electron chi connectivity index (χ4n) is 2.97. The SMILES string of the molecule is CCCC1C=CNC(Nc2ccc(N3CCN(C)CC3)cc2)=N1. The van der Waals surface area contributed by atoms with Crippen molar-refractivity contribution in [2.45, 2.75) is 25.8 Å². The first-order valence-corrected chi connectivity index (χ1v) is 8.56. The maximum atomic E-state index is 4.68. The number of guanidine groups is 1. The van der Waals surface area contributed by atoms with Crippen LogP contribution in [0.25, 0.3) is 0 Å².